The maximum Gasteiger partial charge on any atom is 0.320 e. The third-order valence-corrected chi connectivity index (χ3v) is 3.46. The van der Waals surface area contributed by atoms with E-state index in [-0.39, 0.29) is 12.5 Å². The molecule has 23 heavy (non-hydrogen) atoms. The molecule has 128 valence electrons. The van der Waals surface area contributed by atoms with E-state index in [1.165, 1.54) is 0 Å². The van der Waals surface area contributed by atoms with Crippen LogP contribution in [-0.2, 0) is 9.59 Å². The molecular weight excluding hydrogens is 296 g/mol. The predicted octanol–water partition coefficient (Wildman–Crippen LogP) is 1.64. The molecule has 0 fully saturated rings. The number of para-hydroxylation sites is 1. The molecule has 1 rings (SSSR count). The first-order valence-corrected chi connectivity index (χ1v) is 7.87. The Morgan fingerprint density at radius 1 is 1.26 bits per heavy atom. The quantitative estimate of drug-likeness (QED) is 0.570. The molecule has 3 N–H and O–H groups in total. The van der Waals surface area contributed by atoms with E-state index < -0.39 is 12.0 Å². The van der Waals surface area contributed by atoms with E-state index in [4.69, 9.17) is 9.84 Å². The topological polar surface area (TPSA) is 87.7 Å². The molecule has 0 saturated carbocycles. The average molecular weight is 322 g/mol. The van der Waals surface area contributed by atoms with Crippen molar-refractivity contribution in [1.82, 2.24) is 10.6 Å². The highest BCUT2D eigenvalue weighted by Gasteiger charge is 2.16. The number of benzene rings is 1. The number of carboxylic acids is 1. The number of carbonyl (C=O) groups is 2. The lowest BCUT2D eigenvalue weighted by Crippen LogP contribution is -2.43. The molecule has 1 aromatic rings. The van der Waals surface area contributed by atoms with Gasteiger partial charge in [-0.1, -0.05) is 31.5 Å². The largest absolute Gasteiger partial charge is 0.491 e. The Bertz CT molecular complexity index is 511. The van der Waals surface area contributed by atoms with Gasteiger partial charge >= 0.3 is 5.97 Å². The van der Waals surface area contributed by atoms with E-state index in [1.807, 2.05) is 39.0 Å². The Hall–Kier alpha value is -2.08. The van der Waals surface area contributed by atoms with Gasteiger partial charge in [0.05, 0.1) is 13.1 Å². The van der Waals surface area contributed by atoms with Gasteiger partial charge in [0.25, 0.3) is 0 Å². The molecule has 1 unspecified atom stereocenters. The molecule has 0 bridgehead atoms. The highest BCUT2D eigenvalue weighted by molar-refractivity contribution is 5.79. The van der Waals surface area contributed by atoms with Crippen molar-refractivity contribution in [3.63, 3.8) is 0 Å². The fraction of sp³-hybridized carbons (Fsp3) is 0.529. The van der Waals surface area contributed by atoms with E-state index in [2.05, 4.69) is 10.6 Å². The zero-order valence-electron chi connectivity index (χ0n) is 14.0. The van der Waals surface area contributed by atoms with Crippen molar-refractivity contribution in [1.29, 1.82) is 0 Å². The summed E-state index contributed by atoms with van der Waals surface area (Å²) in [6.07, 6.45) is 1.24. The van der Waals surface area contributed by atoms with Gasteiger partial charge in [-0.3, -0.25) is 14.9 Å². The zero-order valence-corrected chi connectivity index (χ0v) is 14.0. The summed E-state index contributed by atoms with van der Waals surface area (Å²) in [7, 11) is 0. The first kappa shape index (κ1) is 19.0. The van der Waals surface area contributed by atoms with Crippen molar-refractivity contribution >= 4 is 11.9 Å². The maximum atomic E-state index is 11.7. The lowest BCUT2D eigenvalue weighted by Gasteiger charge is -2.14. The Labute approximate surface area is 137 Å². The zero-order chi connectivity index (χ0) is 17.2. The van der Waals surface area contributed by atoms with Gasteiger partial charge in [0.2, 0.25) is 5.91 Å². The third kappa shape index (κ3) is 6.69. The molecular formula is C17H26N2O4. The van der Waals surface area contributed by atoms with Gasteiger partial charge in [0.1, 0.15) is 18.4 Å². The number of amides is 1. The summed E-state index contributed by atoms with van der Waals surface area (Å²) in [5.41, 5.74) is 2.11. The van der Waals surface area contributed by atoms with Crippen molar-refractivity contribution in [3.8, 4) is 5.75 Å². The van der Waals surface area contributed by atoms with Crippen LogP contribution in [0.4, 0.5) is 0 Å². The highest BCUT2D eigenvalue weighted by atomic mass is 16.5. The molecule has 0 heterocycles. The second kappa shape index (κ2) is 9.84. The van der Waals surface area contributed by atoms with Crippen LogP contribution in [0.3, 0.4) is 0 Å². The van der Waals surface area contributed by atoms with Gasteiger partial charge in [-0.25, -0.2) is 0 Å². The van der Waals surface area contributed by atoms with Crippen LogP contribution >= 0.6 is 0 Å². The number of carboxylic acid groups (broad SMARTS) is 1. The van der Waals surface area contributed by atoms with Crippen LogP contribution in [-0.4, -0.2) is 42.7 Å². The normalized spacial score (nSPS) is 11.8. The Balaban J connectivity index is 2.28. The van der Waals surface area contributed by atoms with Gasteiger partial charge < -0.3 is 15.2 Å². The number of carbonyl (C=O) groups excluding carboxylic acids is 1. The third-order valence-electron chi connectivity index (χ3n) is 3.46. The molecule has 0 spiro atoms. The van der Waals surface area contributed by atoms with Crippen molar-refractivity contribution in [3.05, 3.63) is 29.3 Å². The number of aryl methyl sites for hydroxylation is 2. The minimum absolute atomic E-state index is 0.0135. The molecule has 0 saturated heterocycles. The van der Waals surface area contributed by atoms with Crippen LogP contribution < -0.4 is 15.4 Å². The van der Waals surface area contributed by atoms with E-state index in [9.17, 15) is 9.59 Å². The molecule has 0 aliphatic carbocycles. The summed E-state index contributed by atoms with van der Waals surface area (Å²) >= 11 is 0. The molecule has 1 atom stereocenters. The van der Waals surface area contributed by atoms with Crippen molar-refractivity contribution in [2.75, 3.05) is 19.7 Å². The van der Waals surface area contributed by atoms with Gasteiger partial charge in [0, 0.05) is 0 Å². The predicted molar refractivity (Wildman–Crippen MR) is 88.8 cm³/mol. The highest BCUT2D eigenvalue weighted by Crippen LogP contribution is 2.21. The summed E-state index contributed by atoms with van der Waals surface area (Å²) in [6.45, 7) is 6.59. The minimum atomic E-state index is -0.932. The first-order chi connectivity index (χ1) is 11.0. The number of hydrogen-bond donors (Lipinski definition) is 3. The lowest BCUT2D eigenvalue weighted by atomic mass is 10.1. The molecule has 0 radical (unpaired) electrons. The molecule has 1 amide bonds. The van der Waals surface area contributed by atoms with Gasteiger partial charge in [-0.2, -0.15) is 0 Å². The van der Waals surface area contributed by atoms with Crippen LogP contribution in [0.15, 0.2) is 18.2 Å². The second-order valence-electron chi connectivity index (χ2n) is 5.48. The Kier molecular flexibility index (Phi) is 8.11. The number of rotatable bonds is 10. The van der Waals surface area contributed by atoms with Crippen molar-refractivity contribution < 1.29 is 19.4 Å². The van der Waals surface area contributed by atoms with Gasteiger partial charge in [-0.15, -0.1) is 0 Å². The van der Waals surface area contributed by atoms with Crippen molar-refractivity contribution in [2.24, 2.45) is 0 Å². The number of aliphatic carboxylic acids is 1. The van der Waals surface area contributed by atoms with Crippen molar-refractivity contribution in [2.45, 2.75) is 39.7 Å². The van der Waals surface area contributed by atoms with E-state index in [0.717, 1.165) is 23.3 Å². The maximum absolute atomic E-state index is 11.7. The van der Waals surface area contributed by atoms with E-state index in [1.54, 1.807) is 0 Å². The Morgan fingerprint density at radius 2 is 1.91 bits per heavy atom. The van der Waals surface area contributed by atoms with E-state index in [0.29, 0.717) is 19.6 Å². The average Bonchev–Trinajstić information content (AvgIpc) is 2.49. The van der Waals surface area contributed by atoms with E-state index >= 15 is 0 Å². The van der Waals surface area contributed by atoms with Crippen LogP contribution in [0.25, 0.3) is 0 Å². The standard InChI is InChI=1S/C17H26N2O4/c1-4-6-14(17(21)22)19-11-15(20)18-9-10-23-16-12(2)7-5-8-13(16)3/h5,7-8,14,19H,4,6,9-11H2,1-3H3,(H,18,20)(H,21,22). The number of nitrogens with one attached hydrogen (secondary N) is 2. The molecule has 6 nitrogen and oxygen atoms in total. The van der Waals surface area contributed by atoms with Gasteiger partial charge in [-0.05, 0) is 31.4 Å². The summed E-state index contributed by atoms with van der Waals surface area (Å²) in [5, 5.41) is 14.4. The molecule has 0 aliphatic heterocycles. The monoisotopic (exact) mass is 322 g/mol. The lowest BCUT2D eigenvalue weighted by molar-refractivity contribution is -0.139. The van der Waals surface area contributed by atoms with Crippen LogP contribution in [0, 0.1) is 13.8 Å². The fourth-order valence-corrected chi connectivity index (χ4v) is 2.25. The molecule has 1 aromatic carbocycles. The molecule has 0 aromatic heterocycles. The molecule has 0 aliphatic rings. The first-order valence-electron chi connectivity index (χ1n) is 7.87. The number of ether oxygens (including phenoxy) is 1. The number of hydrogen-bond acceptors (Lipinski definition) is 4. The SMILES string of the molecule is CCCC(NCC(=O)NCCOc1c(C)cccc1C)C(=O)O. The minimum Gasteiger partial charge on any atom is -0.491 e. The smallest absolute Gasteiger partial charge is 0.320 e. The summed E-state index contributed by atoms with van der Waals surface area (Å²) < 4.78 is 5.69. The van der Waals surface area contributed by atoms with Crippen LogP contribution in [0.2, 0.25) is 0 Å². The summed E-state index contributed by atoms with van der Waals surface area (Å²) in [5.74, 6) is -0.329. The summed E-state index contributed by atoms with van der Waals surface area (Å²) in [4.78, 5) is 22.7. The second-order valence-corrected chi connectivity index (χ2v) is 5.48. The summed E-state index contributed by atoms with van der Waals surface area (Å²) in [6, 6.07) is 5.24. The Morgan fingerprint density at radius 3 is 2.48 bits per heavy atom. The van der Waals surface area contributed by atoms with Crippen LogP contribution in [0.5, 0.6) is 5.75 Å². The van der Waals surface area contributed by atoms with Gasteiger partial charge in [0.15, 0.2) is 0 Å². The van der Waals surface area contributed by atoms with Crippen LogP contribution in [0.1, 0.15) is 30.9 Å². The molecule has 6 heteroatoms. The fourth-order valence-electron chi connectivity index (χ4n) is 2.25.